The van der Waals surface area contributed by atoms with Gasteiger partial charge in [0.05, 0.1) is 0 Å². The fraction of sp³-hybridized carbons (Fsp3) is 0.588. The van der Waals surface area contributed by atoms with Gasteiger partial charge in [0.2, 0.25) is 0 Å². The van der Waals surface area contributed by atoms with Crippen LogP contribution in [0.3, 0.4) is 0 Å². The van der Waals surface area contributed by atoms with Crippen LogP contribution in [0, 0.1) is 0 Å². The zero-order chi connectivity index (χ0) is 14.5. The number of amides is 1. The third-order valence-electron chi connectivity index (χ3n) is 4.39. The monoisotopic (exact) mass is 288 g/mol. The summed E-state index contributed by atoms with van der Waals surface area (Å²) in [6, 6.07) is 6.18. The van der Waals surface area contributed by atoms with Crippen LogP contribution in [0.4, 0.5) is 0 Å². The van der Waals surface area contributed by atoms with Crippen molar-refractivity contribution in [3.63, 3.8) is 0 Å². The molecule has 1 saturated heterocycles. The topological polar surface area (TPSA) is 41.6 Å². The molecule has 1 fully saturated rings. The number of aryl methyl sites for hydroxylation is 2. The average molecular weight is 288 g/mol. The van der Waals surface area contributed by atoms with E-state index in [0.717, 1.165) is 18.7 Å². The van der Waals surface area contributed by atoms with E-state index in [0.29, 0.717) is 6.54 Å². The van der Waals surface area contributed by atoms with Gasteiger partial charge in [0.15, 0.2) is 6.61 Å². The van der Waals surface area contributed by atoms with Crippen LogP contribution >= 0.6 is 0 Å². The van der Waals surface area contributed by atoms with E-state index in [1.54, 1.807) is 0 Å². The molecular formula is C17H24N2O2. The first kappa shape index (κ1) is 14.4. The Kier molecular flexibility index (Phi) is 4.76. The van der Waals surface area contributed by atoms with E-state index in [2.05, 4.69) is 22.3 Å². The third kappa shape index (κ3) is 3.97. The van der Waals surface area contributed by atoms with Crippen LogP contribution in [-0.2, 0) is 17.6 Å². The smallest absolute Gasteiger partial charge is 0.257 e. The van der Waals surface area contributed by atoms with Crippen molar-refractivity contribution in [1.82, 2.24) is 10.2 Å². The second kappa shape index (κ2) is 6.94. The van der Waals surface area contributed by atoms with Crippen LogP contribution in [0.1, 0.15) is 30.4 Å². The molecule has 1 aliphatic carbocycles. The molecule has 4 nitrogen and oxygen atoms in total. The maximum absolute atomic E-state index is 11.8. The maximum Gasteiger partial charge on any atom is 0.257 e. The molecule has 2 aliphatic rings. The van der Waals surface area contributed by atoms with Crippen molar-refractivity contribution in [2.24, 2.45) is 0 Å². The van der Waals surface area contributed by atoms with Gasteiger partial charge in [-0.2, -0.15) is 0 Å². The normalized spacial score (nSPS) is 17.7. The zero-order valence-electron chi connectivity index (χ0n) is 12.6. The van der Waals surface area contributed by atoms with Crippen molar-refractivity contribution in [2.75, 3.05) is 32.8 Å². The highest BCUT2D eigenvalue weighted by Crippen LogP contribution is 2.25. The van der Waals surface area contributed by atoms with Crippen LogP contribution in [0.2, 0.25) is 0 Å². The molecule has 3 rings (SSSR count). The van der Waals surface area contributed by atoms with Gasteiger partial charge in [0.25, 0.3) is 5.91 Å². The Labute approximate surface area is 126 Å². The van der Waals surface area contributed by atoms with Gasteiger partial charge in [-0.15, -0.1) is 0 Å². The summed E-state index contributed by atoms with van der Waals surface area (Å²) >= 11 is 0. The minimum Gasteiger partial charge on any atom is -0.484 e. The molecule has 0 atom stereocenters. The molecule has 21 heavy (non-hydrogen) atoms. The number of fused-ring (bicyclic) bond motifs is 1. The number of hydrogen-bond acceptors (Lipinski definition) is 3. The van der Waals surface area contributed by atoms with E-state index >= 15 is 0 Å². The molecule has 0 saturated carbocycles. The minimum atomic E-state index is -0.0327. The summed E-state index contributed by atoms with van der Waals surface area (Å²) < 4.78 is 5.59. The number of carbonyl (C=O) groups excluding carboxylic acids is 1. The number of likely N-dealkylation sites (tertiary alicyclic amines) is 1. The SMILES string of the molecule is O=C(COc1ccc2c(c1)CCC2)NCCN1CCCC1. The third-order valence-corrected chi connectivity index (χ3v) is 4.39. The van der Waals surface area contributed by atoms with Crippen molar-refractivity contribution in [2.45, 2.75) is 32.1 Å². The van der Waals surface area contributed by atoms with Crippen LogP contribution in [0.5, 0.6) is 5.75 Å². The molecule has 0 bridgehead atoms. The minimum absolute atomic E-state index is 0.0327. The molecule has 1 aromatic rings. The first-order valence-corrected chi connectivity index (χ1v) is 8.05. The Morgan fingerprint density at radius 3 is 2.81 bits per heavy atom. The lowest BCUT2D eigenvalue weighted by Crippen LogP contribution is -2.35. The number of nitrogens with one attached hydrogen (secondary N) is 1. The summed E-state index contributed by atoms with van der Waals surface area (Å²) in [6.45, 7) is 4.11. The van der Waals surface area contributed by atoms with Gasteiger partial charge >= 0.3 is 0 Å². The Balaban J connectivity index is 1.37. The number of hydrogen-bond donors (Lipinski definition) is 1. The van der Waals surface area contributed by atoms with Crippen LogP contribution in [-0.4, -0.2) is 43.6 Å². The summed E-state index contributed by atoms with van der Waals surface area (Å²) in [5.41, 5.74) is 2.80. The first-order valence-electron chi connectivity index (χ1n) is 8.05. The summed E-state index contributed by atoms with van der Waals surface area (Å²) in [4.78, 5) is 14.2. The Bertz CT molecular complexity index is 496. The quantitative estimate of drug-likeness (QED) is 0.867. The lowest BCUT2D eigenvalue weighted by molar-refractivity contribution is -0.123. The summed E-state index contributed by atoms with van der Waals surface area (Å²) in [5, 5.41) is 2.93. The molecule has 1 aliphatic heterocycles. The molecule has 1 heterocycles. The lowest BCUT2D eigenvalue weighted by Gasteiger charge is -2.15. The number of nitrogens with zero attached hydrogens (tertiary/aromatic N) is 1. The molecule has 1 aromatic carbocycles. The summed E-state index contributed by atoms with van der Waals surface area (Å²) in [5.74, 6) is 0.778. The molecule has 0 aromatic heterocycles. The van der Waals surface area contributed by atoms with Gasteiger partial charge in [-0.25, -0.2) is 0 Å². The first-order chi connectivity index (χ1) is 10.3. The zero-order valence-corrected chi connectivity index (χ0v) is 12.6. The van der Waals surface area contributed by atoms with Crippen LogP contribution in [0.15, 0.2) is 18.2 Å². The number of ether oxygens (including phenoxy) is 1. The molecule has 1 amide bonds. The van der Waals surface area contributed by atoms with Gasteiger partial charge in [-0.1, -0.05) is 6.07 Å². The molecule has 4 heteroatoms. The van der Waals surface area contributed by atoms with Crippen molar-refractivity contribution < 1.29 is 9.53 Å². The number of benzene rings is 1. The van der Waals surface area contributed by atoms with E-state index in [-0.39, 0.29) is 12.5 Å². The Morgan fingerprint density at radius 2 is 1.95 bits per heavy atom. The predicted molar refractivity (Wildman–Crippen MR) is 82.6 cm³/mol. The fourth-order valence-electron chi connectivity index (χ4n) is 3.20. The summed E-state index contributed by atoms with van der Waals surface area (Å²) in [7, 11) is 0. The molecule has 0 spiro atoms. The van der Waals surface area contributed by atoms with E-state index in [1.165, 1.54) is 49.9 Å². The highest BCUT2D eigenvalue weighted by atomic mass is 16.5. The summed E-state index contributed by atoms with van der Waals surface area (Å²) in [6.07, 6.45) is 6.11. The van der Waals surface area contributed by atoms with Gasteiger partial charge in [-0.3, -0.25) is 4.79 Å². The standard InChI is InChI=1S/C17H24N2O2/c20-17(18-8-11-19-9-1-2-10-19)13-21-16-7-6-14-4-3-5-15(14)12-16/h6-7,12H,1-5,8-11,13H2,(H,18,20). The van der Waals surface area contributed by atoms with Crippen molar-refractivity contribution >= 4 is 5.91 Å². The van der Waals surface area contributed by atoms with Gasteiger partial charge in [0, 0.05) is 13.1 Å². The van der Waals surface area contributed by atoms with E-state index < -0.39 is 0 Å². The van der Waals surface area contributed by atoms with Crippen LogP contribution < -0.4 is 10.1 Å². The van der Waals surface area contributed by atoms with E-state index in [9.17, 15) is 4.79 Å². The second-order valence-corrected chi connectivity index (χ2v) is 5.97. The highest BCUT2D eigenvalue weighted by Gasteiger charge is 2.13. The van der Waals surface area contributed by atoms with Crippen molar-refractivity contribution in [3.8, 4) is 5.75 Å². The van der Waals surface area contributed by atoms with Crippen LogP contribution in [0.25, 0.3) is 0 Å². The number of carbonyl (C=O) groups is 1. The molecule has 114 valence electrons. The van der Waals surface area contributed by atoms with Gasteiger partial charge in [-0.05, 0) is 68.5 Å². The van der Waals surface area contributed by atoms with Gasteiger partial charge < -0.3 is 15.0 Å². The fourth-order valence-corrected chi connectivity index (χ4v) is 3.20. The van der Waals surface area contributed by atoms with Crippen molar-refractivity contribution in [1.29, 1.82) is 0 Å². The lowest BCUT2D eigenvalue weighted by atomic mass is 10.1. The Hall–Kier alpha value is -1.55. The molecule has 0 radical (unpaired) electrons. The largest absolute Gasteiger partial charge is 0.484 e. The number of rotatable bonds is 6. The molecule has 0 unspecified atom stereocenters. The second-order valence-electron chi connectivity index (χ2n) is 5.97. The highest BCUT2D eigenvalue weighted by molar-refractivity contribution is 5.77. The molecule has 1 N–H and O–H groups in total. The Morgan fingerprint density at radius 1 is 1.14 bits per heavy atom. The predicted octanol–water partition coefficient (Wildman–Crippen LogP) is 1.77. The van der Waals surface area contributed by atoms with Gasteiger partial charge in [0.1, 0.15) is 5.75 Å². The van der Waals surface area contributed by atoms with E-state index in [1.807, 2.05) is 6.07 Å². The average Bonchev–Trinajstić information content (AvgIpc) is 3.15. The van der Waals surface area contributed by atoms with Crippen molar-refractivity contribution in [3.05, 3.63) is 29.3 Å². The molecular weight excluding hydrogens is 264 g/mol. The maximum atomic E-state index is 11.8. The van der Waals surface area contributed by atoms with E-state index in [4.69, 9.17) is 4.74 Å².